The summed E-state index contributed by atoms with van der Waals surface area (Å²) in [5, 5.41) is 2.78. The van der Waals surface area contributed by atoms with Gasteiger partial charge in [0, 0.05) is 25.2 Å². The second kappa shape index (κ2) is 7.47. The summed E-state index contributed by atoms with van der Waals surface area (Å²) < 4.78 is 40.8. The van der Waals surface area contributed by atoms with Crippen molar-refractivity contribution in [3.8, 4) is 5.88 Å². The van der Waals surface area contributed by atoms with Crippen LogP contribution in [-0.4, -0.2) is 23.7 Å². The highest BCUT2D eigenvalue weighted by Gasteiger charge is 2.28. The van der Waals surface area contributed by atoms with E-state index in [1.807, 2.05) is 0 Å². The fourth-order valence-electron chi connectivity index (χ4n) is 2.54. The molecule has 1 amide bonds. The molecule has 0 unspecified atom stereocenters. The van der Waals surface area contributed by atoms with Gasteiger partial charge in [0.2, 0.25) is 11.8 Å². The van der Waals surface area contributed by atoms with Crippen LogP contribution in [-0.2, 0) is 11.3 Å². The lowest BCUT2D eigenvalue weighted by atomic mass is 10.0. The van der Waals surface area contributed by atoms with Crippen molar-refractivity contribution in [1.82, 2.24) is 10.3 Å². The average Bonchev–Trinajstić information content (AvgIpc) is 2.96. The van der Waals surface area contributed by atoms with Gasteiger partial charge in [-0.05, 0) is 30.4 Å². The van der Waals surface area contributed by atoms with Crippen molar-refractivity contribution in [3.63, 3.8) is 0 Å². The van der Waals surface area contributed by atoms with Crippen LogP contribution in [0.3, 0.4) is 0 Å². The molecule has 7 heteroatoms. The fraction of sp³-hybridized carbons (Fsp3) is 0.600. The van der Waals surface area contributed by atoms with Gasteiger partial charge in [-0.15, -0.1) is 0 Å². The Morgan fingerprint density at radius 2 is 2.09 bits per heavy atom. The topological polar surface area (TPSA) is 51.2 Å². The highest BCUT2D eigenvalue weighted by atomic mass is 19.4. The second-order valence-corrected chi connectivity index (χ2v) is 5.54. The van der Waals surface area contributed by atoms with Gasteiger partial charge in [0.25, 0.3) is 0 Å². The van der Waals surface area contributed by atoms with Gasteiger partial charge < -0.3 is 10.1 Å². The Labute approximate surface area is 127 Å². The lowest BCUT2D eigenvalue weighted by molar-refractivity contribution is -0.154. The number of hydrogen-bond acceptors (Lipinski definition) is 3. The van der Waals surface area contributed by atoms with Gasteiger partial charge in [0.15, 0.2) is 6.61 Å². The SMILES string of the molecule is O=C(CC1CCCC1)NCc1ccnc(OCC(F)(F)F)c1. The first-order valence-electron chi connectivity index (χ1n) is 7.33. The molecule has 0 radical (unpaired) electrons. The average molecular weight is 316 g/mol. The molecule has 1 aliphatic carbocycles. The number of alkyl halides is 3. The van der Waals surface area contributed by atoms with E-state index >= 15 is 0 Å². The van der Waals surface area contributed by atoms with Crippen molar-refractivity contribution in [2.24, 2.45) is 5.92 Å². The van der Waals surface area contributed by atoms with Crippen LogP contribution >= 0.6 is 0 Å². The third kappa shape index (κ3) is 5.91. The smallest absolute Gasteiger partial charge is 0.422 e. The molecule has 122 valence electrons. The van der Waals surface area contributed by atoms with Gasteiger partial charge in [-0.25, -0.2) is 4.98 Å². The maximum Gasteiger partial charge on any atom is 0.422 e. The number of aromatic nitrogens is 1. The zero-order chi connectivity index (χ0) is 16.0. The minimum atomic E-state index is -4.40. The Balaban J connectivity index is 1.78. The molecule has 0 spiro atoms. The molecule has 1 heterocycles. The summed E-state index contributed by atoms with van der Waals surface area (Å²) in [6.07, 6.45) is 2.04. The molecule has 1 aromatic rings. The van der Waals surface area contributed by atoms with Gasteiger partial charge in [-0.3, -0.25) is 4.79 Å². The number of ether oxygens (including phenoxy) is 1. The van der Waals surface area contributed by atoms with Crippen molar-refractivity contribution in [2.75, 3.05) is 6.61 Å². The summed E-state index contributed by atoms with van der Waals surface area (Å²) in [5.74, 6) is 0.337. The molecule has 1 aliphatic rings. The quantitative estimate of drug-likeness (QED) is 0.877. The van der Waals surface area contributed by atoms with Gasteiger partial charge in [-0.1, -0.05) is 12.8 Å². The van der Waals surface area contributed by atoms with Crippen molar-refractivity contribution >= 4 is 5.91 Å². The predicted octanol–water partition coefficient (Wildman–Crippen LogP) is 3.22. The molecule has 1 saturated carbocycles. The highest BCUT2D eigenvalue weighted by molar-refractivity contribution is 5.76. The van der Waals surface area contributed by atoms with Gasteiger partial charge in [0.1, 0.15) is 0 Å². The molecular weight excluding hydrogens is 297 g/mol. The second-order valence-electron chi connectivity index (χ2n) is 5.54. The molecule has 1 fully saturated rings. The summed E-state index contributed by atoms with van der Waals surface area (Å²) in [5.41, 5.74) is 0.659. The number of pyridine rings is 1. The lowest BCUT2D eigenvalue weighted by Gasteiger charge is -2.11. The van der Waals surface area contributed by atoms with Gasteiger partial charge in [0.05, 0.1) is 0 Å². The van der Waals surface area contributed by atoms with Gasteiger partial charge >= 0.3 is 6.18 Å². The summed E-state index contributed by atoms with van der Waals surface area (Å²) in [4.78, 5) is 15.5. The van der Waals surface area contributed by atoms with E-state index in [0.717, 1.165) is 12.8 Å². The molecule has 0 aromatic carbocycles. The third-order valence-electron chi connectivity index (χ3n) is 3.62. The summed E-state index contributed by atoms with van der Waals surface area (Å²) in [6.45, 7) is -1.12. The number of carbonyl (C=O) groups excluding carboxylic acids is 1. The van der Waals surface area contributed by atoms with Crippen LogP contribution in [0, 0.1) is 5.92 Å². The van der Waals surface area contributed by atoms with E-state index in [1.54, 1.807) is 6.07 Å². The zero-order valence-electron chi connectivity index (χ0n) is 12.2. The Morgan fingerprint density at radius 3 is 2.77 bits per heavy atom. The first-order valence-corrected chi connectivity index (χ1v) is 7.33. The van der Waals surface area contributed by atoms with E-state index in [4.69, 9.17) is 0 Å². The zero-order valence-corrected chi connectivity index (χ0v) is 12.2. The van der Waals surface area contributed by atoms with Crippen molar-refractivity contribution in [3.05, 3.63) is 23.9 Å². The molecule has 0 aliphatic heterocycles. The van der Waals surface area contributed by atoms with Crippen LogP contribution in [0.1, 0.15) is 37.7 Å². The Morgan fingerprint density at radius 1 is 1.36 bits per heavy atom. The molecule has 2 rings (SSSR count). The number of amides is 1. The van der Waals surface area contributed by atoms with Crippen molar-refractivity contribution in [1.29, 1.82) is 0 Å². The largest absolute Gasteiger partial charge is 0.468 e. The number of rotatable bonds is 6. The fourth-order valence-corrected chi connectivity index (χ4v) is 2.54. The Bertz CT molecular complexity index is 500. The van der Waals surface area contributed by atoms with E-state index in [2.05, 4.69) is 15.0 Å². The lowest BCUT2D eigenvalue weighted by Crippen LogP contribution is -2.24. The number of hydrogen-bond donors (Lipinski definition) is 1. The minimum absolute atomic E-state index is 0.0264. The van der Waals surface area contributed by atoms with Crippen molar-refractivity contribution < 1.29 is 22.7 Å². The van der Waals surface area contributed by atoms with E-state index in [1.165, 1.54) is 25.1 Å². The number of nitrogens with zero attached hydrogens (tertiary/aromatic N) is 1. The van der Waals surface area contributed by atoms with Crippen LogP contribution in [0.5, 0.6) is 5.88 Å². The van der Waals surface area contributed by atoms with Crippen molar-refractivity contribution in [2.45, 2.75) is 44.8 Å². The Hall–Kier alpha value is -1.79. The summed E-state index contributed by atoms with van der Waals surface area (Å²) >= 11 is 0. The summed E-state index contributed by atoms with van der Waals surface area (Å²) in [6, 6.07) is 3.04. The molecule has 1 N–H and O–H groups in total. The van der Waals surface area contributed by atoms with E-state index < -0.39 is 12.8 Å². The molecule has 0 saturated heterocycles. The van der Waals surface area contributed by atoms with Gasteiger partial charge in [-0.2, -0.15) is 13.2 Å². The summed E-state index contributed by atoms with van der Waals surface area (Å²) in [7, 11) is 0. The number of nitrogens with one attached hydrogen (secondary N) is 1. The first-order chi connectivity index (χ1) is 10.4. The third-order valence-corrected chi connectivity index (χ3v) is 3.62. The highest BCUT2D eigenvalue weighted by Crippen LogP contribution is 2.27. The van der Waals surface area contributed by atoms with E-state index in [9.17, 15) is 18.0 Å². The molecule has 4 nitrogen and oxygen atoms in total. The number of halogens is 3. The monoisotopic (exact) mass is 316 g/mol. The molecule has 0 bridgehead atoms. The van der Waals surface area contributed by atoms with E-state index in [0.29, 0.717) is 17.9 Å². The first kappa shape index (κ1) is 16.6. The molecular formula is C15H19F3N2O2. The van der Waals surface area contributed by atoms with E-state index in [-0.39, 0.29) is 18.3 Å². The van der Waals surface area contributed by atoms with Crippen LogP contribution < -0.4 is 10.1 Å². The molecule has 1 aromatic heterocycles. The number of carbonyl (C=O) groups is 1. The van der Waals surface area contributed by atoms with Crippen LogP contribution in [0.15, 0.2) is 18.3 Å². The maximum atomic E-state index is 12.1. The normalized spacial score (nSPS) is 15.8. The molecule has 0 atom stereocenters. The Kier molecular flexibility index (Phi) is 5.63. The molecule has 22 heavy (non-hydrogen) atoms. The standard InChI is InChI=1S/C15H19F3N2O2/c16-15(17,18)10-22-14-8-12(5-6-19-14)9-20-13(21)7-11-3-1-2-4-11/h5-6,8,11H,1-4,7,9-10H2,(H,20,21). The maximum absolute atomic E-state index is 12.1. The minimum Gasteiger partial charge on any atom is -0.468 e. The van der Waals surface area contributed by atoms with Crippen LogP contribution in [0.2, 0.25) is 0 Å². The predicted molar refractivity (Wildman–Crippen MR) is 74.2 cm³/mol. The van der Waals surface area contributed by atoms with Crippen LogP contribution in [0.4, 0.5) is 13.2 Å². The van der Waals surface area contributed by atoms with Crippen LogP contribution in [0.25, 0.3) is 0 Å².